The van der Waals surface area contributed by atoms with Crippen LogP contribution in [0.3, 0.4) is 0 Å². The fourth-order valence-corrected chi connectivity index (χ4v) is 2.31. The van der Waals surface area contributed by atoms with Crippen molar-refractivity contribution in [2.45, 2.75) is 18.6 Å². The Hall–Kier alpha value is -2.21. The zero-order valence-corrected chi connectivity index (χ0v) is 12.4. The summed E-state index contributed by atoms with van der Waals surface area (Å²) >= 11 is 1.31. The third-order valence-corrected chi connectivity index (χ3v) is 3.57. The minimum Gasteiger partial charge on any atom is -0.352 e. The highest BCUT2D eigenvalue weighted by Crippen LogP contribution is 2.14. The second-order valence-corrected chi connectivity index (χ2v) is 5.29. The third kappa shape index (κ3) is 5.00. The molecule has 108 valence electrons. The van der Waals surface area contributed by atoms with Gasteiger partial charge in [0.05, 0.1) is 5.75 Å². The maximum absolute atomic E-state index is 12.0. The van der Waals surface area contributed by atoms with Crippen LogP contribution in [-0.4, -0.2) is 27.4 Å². The second kappa shape index (κ2) is 7.54. The van der Waals surface area contributed by atoms with Crippen LogP contribution in [0.1, 0.15) is 22.8 Å². The van der Waals surface area contributed by atoms with Gasteiger partial charge in [0.1, 0.15) is 0 Å². The van der Waals surface area contributed by atoms with Crippen molar-refractivity contribution in [2.75, 3.05) is 5.75 Å². The van der Waals surface area contributed by atoms with E-state index in [0.717, 1.165) is 5.56 Å². The Morgan fingerprint density at radius 2 is 1.81 bits per heavy atom. The molecule has 1 aromatic heterocycles. The Bertz CT molecular complexity index is 615. The number of carbonyl (C=O) groups is 2. The van der Waals surface area contributed by atoms with Gasteiger partial charge >= 0.3 is 0 Å². The first-order chi connectivity index (χ1) is 10.1. The van der Waals surface area contributed by atoms with E-state index in [2.05, 4.69) is 15.3 Å². The summed E-state index contributed by atoms with van der Waals surface area (Å²) in [5.41, 5.74) is 1.60. The average molecular weight is 301 g/mol. The van der Waals surface area contributed by atoms with Gasteiger partial charge in [-0.15, -0.1) is 0 Å². The van der Waals surface area contributed by atoms with Crippen LogP contribution in [0.5, 0.6) is 0 Å². The largest absolute Gasteiger partial charge is 0.352 e. The first-order valence-electron chi connectivity index (χ1n) is 6.41. The van der Waals surface area contributed by atoms with Gasteiger partial charge in [0.25, 0.3) is 0 Å². The molecule has 0 aliphatic rings. The summed E-state index contributed by atoms with van der Waals surface area (Å²) in [4.78, 5) is 31.0. The molecule has 6 heteroatoms. The molecule has 0 aliphatic carbocycles. The molecule has 1 aromatic carbocycles. The van der Waals surface area contributed by atoms with Crippen molar-refractivity contribution in [3.63, 3.8) is 0 Å². The van der Waals surface area contributed by atoms with Gasteiger partial charge in [-0.05, 0) is 11.6 Å². The van der Waals surface area contributed by atoms with Gasteiger partial charge in [0.15, 0.2) is 10.9 Å². The van der Waals surface area contributed by atoms with E-state index in [9.17, 15) is 9.59 Å². The van der Waals surface area contributed by atoms with Crippen molar-refractivity contribution in [1.29, 1.82) is 0 Å². The smallest absolute Gasteiger partial charge is 0.217 e. The van der Waals surface area contributed by atoms with Crippen LogP contribution in [0.4, 0.5) is 0 Å². The molecule has 0 fully saturated rings. The van der Waals surface area contributed by atoms with Crippen LogP contribution in [0.25, 0.3) is 0 Å². The number of hydrogen-bond acceptors (Lipinski definition) is 5. The Morgan fingerprint density at radius 3 is 2.43 bits per heavy atom. The minimum absolute atomic E-state index is 0.0264. The Labute approximate surface area is 127 Å². The van der Waals surface area contributed by atoms with Gasteiger partial charge in [0.2, 0.25) is 5.91 Å². The van der Waals surface area contributed by atoms with E-state index in [0.29, 0.717) is 23.0 Å². The lowest BCUT2D eigenvalue weighted by Crippen LogP contribution is -2.18. The fourth-order valence-electron chi connectivity index (χ4n) is 1.61. The van der Waals surface area contributed by atoms with Crippen LogP contribution in [-0.2, 0) is 11.3 Å². The lowest BCUT2D eigenvalue weighted by atomic mass is 10.1. The van der Waals surface area contributed by atoms with Gasteiger partial charge < -0.3 is 5.32 Å². The molecule has 0 atom stereocenters. The Morgan fingerprint density at radius 1 is 1.14 bits per heavy atom. The molecular formula is C15H15N3O2S. The van der Waals surface area contributed by atoms with E-state index >= 15 is 0 Å². The van der Waals surface area contributed by atoms with Crippen LogP contribution < -0.4 is 5.32 Å². The number of amides is 1. The van der Waals surface area contributed by atoms with Gasteiger partial charge in [-0.3, -0.25) is 9.59 Å². The van der Waals surface area contributed by atoms with Crippen LogP contribution in [0.15, 0.2) is 47.9 Å². The number of carbonyl (C=O) groups excluding carboxylic acids is 2. The number of rotatable bonds is 6. The lowest BCUT2D eigenvalue weighted by Gasteiger charge is -2.04. The molecule has 1 heterocycles. The fraction of sp³-hybridized carbons (Fsp3) is 0.200. The van der Waals surface area contributed by atoms with E-state index < -0.39 is 0 Å². The third-order valence-electron chi connectivity index (χ3n) is 2.69. The van der Waals surface area contributed by atoms with Crippen molar-refractivity contribution >= 4 is 23.5 Å². The van der Waals surface area contributed by atoms with E-state index in [1.54, 1.807) is 30.6 Å². The number of ketones is 1. The predicted molar refractivity (Wildman–Crippen MR) is 81.0 cm³/mol. The number of thioether (sulfide) groups is 1. The molecular weight excluding hydrogens is 286 g/mol. The van der Waals surface area contributed by atoms with Crippen LogP contribution in [0, 0.1) is 0 Å². The molecule has 21 heavy (non-hydrogen) atoms. The summed E-state index contributed by atoms with van der Waals surface area (Å²) in [7, 11) is 0. The first kappa shape index (κ1) is 15.2. The number of hydrogen-bond donors (Lipinski definition) is 1. The second-order valence-electron chi connectivity index (χ2n) is 4.35. The van der Waals surface area contributed by atoms with Crippen LogP contribution >= 0.6 is 11.8 Å². The van der Waals surface area contributed by atoms with E-state index in [1.165, 1.54) is 18.7 Å². The Balaban J connectivity index is 1.89. The maximum atomic E-state index is 12.0. The number of aromatic nitrogens is 2. The molecule has 0 saturated carbocycles. The van der Waals surface area contributed by atoms with Crippen molar-refractivity contribution in [1.82, 2.24) is 15.3 Å². The molecule has 1 amide bonds. The molecule has 0 aliphatic heterocycles. The van der Waals surface area contributed by atoms with Gasteiger partial charge in [-0.1, -0.05) is 36.0 Å². The van der Waals surface area contributed by atoms with E-state index in [1.807, 2.05) is 12.1 Å². The number of Topliss-reactive ketones (excluding diaryl/α,β-unsaturated/α-hetero) is 1. The van der Waals surface area contributed by atoms with Crippen LogP contribution in [0.2, 0.25) is 0 Å². The zero-order valence-electron chi connectivity index (χ0n) is 11.6. The minimum atomic E-state index is -0.0746. The summed E-state index contributed by atoms with van der Waals surface area (Å²) < 4.78 is 0. The van der Waals surface area contributed by atoms with Gasteiger partial charge in [0, 0.05) is 31.4 Å². The summed E-state index contributed by atoms with van der Waals surface area (Å²) in [5.74, 6) is 0.252. The molecule has 2 rings (SSSR count). The molecule has 5 nitrogen and oxygen atoms in total. The van der Waals surface area contributed by atoms with E-state index in [-0.39, 0.29) is 11.7 Å². The molecule has 0 bridgehead atoms. The first-order valence-corrected chi connectivity index (χ1v) is 7.40. The summed E-state index contributed by atoms with van der Waals surface area (Å²) in [6.07, 6.45) is 3.30. The normalized spacial score (nSPS) is 10.1. The quantitative estimate of drug-likeness (QED) is 0.502. The van der Waals surface area contributed by atoms with Gasteiger partial charge in [-0.25, -0.2) is 9.97 Å². The van der Waals surface area contributed by atoms with Crippen molar-refractivity contribution in [3.05, 3.63) is 53.9 Å². The predicted octanol–water partition coefficient (Wildman–Crippen LogP) is 2.09. The molecule has 0 saturated heterocycles. The summed E-state index contributed by atoms with van der Waals surface area (Å²) in [5, 5.41) is 3.30. The van der Waals surface area contributed by atoms with Gasteiger partial charge in [-0.2, -0.15) is 0 Å². The number of nitrogens with zero attached hydrogens (tertiary/aromatic N) is 2. The van der Waals surface area contributed by atoms with E-state index in [4.69, 9.17) is 0 Å². The highest BCUT2D eigenvalue weighted by Gasteiger charge is 2.07. The average Bonchev–Trinajstić information content (AvgIpc) is 2.52. The number of nitrogens with one attached hydrogen (secondary N) is 1. The van der Waals surface area contributed by atoms with Crippen molar-refractivity contribution in [2.24, 2.45) is 0 Å². The molecule has 1 N–H and O–H groups in total. The topological polar surface area (TPSA) is 72.0 Å². The van der Waals surface area contributed by atoms with Crippen molar-refractivity contribution in [3.8, 4) is 0 Å². The monoisotopic (exact) mass is 301 g/mol. The SMILES string of the molecule is CC(=O)NCc1ccc(C(=O)CSc2ncccn2)cc1. The molecule has 0 unspecified atom stereocenters. The summed E-state index contributed by atoms with van der Waals surface area (Å²) in [6, 6.07) is 8.96. The zero-order chi connectivity index (χ0) is 15.1. The highest BCUT2D eigenvalue weighted by atomic mass is 32.2. The Kier molecular flexibility index (Phi) is 5.45. The number of benzene rings is 1. The summed E-state index contributed by atoms with van der Waals surface area (Å²) in [6.45, 7) is 1.94. The molecule has 2 aromatic rings. The highest BCUT2D eigenvalue weighted by molar-refractivity contribution is 7.99. The van der Waals surface area contributed by atoms with Crippen molar-refractivity contribution < 1.29 is 9.59 Å². The lowest BCUT2D eigenvalue weighted by molar-refractivity contribution is -0.119. The molecule has 0 spiro atoms. The molecule has 0 radical (unpaired) electrons. The maximum Gasteiger partial charge on any atom is 0.217 e. The standard InChI is InChI=1S/C15H15N3O2S/c1-11(19)18-9-12-3-5-13(6-4-12)14(20)10-21-15-16-7-2-8-17-15/h2-8H,9-10H2,1H3,(H,18,19).